The van der Waals surface area contributed by atoms with Crippen molar-refractivity contribution in [3.8, 4) is 0 Å². The molecule has 2 amide bonds. The molecule has 4 heterocycles. The molecule has 0 aliphatic carbocycles. The lowest BCUT2D eigenvalue weighted by Crippen LogP contribution is -2.31. The highest BCUT2D eigenvalue weighted by Crippen LogP contribution is 2.32. The number of aryl methyl sites for hydroxylation is 1. The predicted octanol–water partition coefficient (Wildman–Crippen LogP) is 3.65. The Balaban J connectivity index is 1.33. The molecule has 1 atom stereocenters. The molecule has 35 heavy (non-hydrogen) atoms. The Morgan fingerprint density at radius 2 is 2.00 bits per heavy atom. The Kier molecular flexibility index (Phi) is 6.30. The van der Waals surface area contributed by atoms with Crippen LogP contribution in [0, 0.1) is 6.92 Å². The smallest absolute Gasteiger partial charge is 0.275 e. The van der Waals surface area contributed by atoms with E-state index in [1.165, 1.54) is 6.33 Å². The number of hydrogen-bond acceptors (Lipinski definition) is 6. The zero-order valence-electron chi connectivity index (χ0n) is 19.3. The van der Waals surface area contributed by atoms with Crippen LogP contribution in [0.5, 0.6) is 0 Å². The SMILES string of the molecule is Cc1ccc(NC(=O)c2cccc([C@@H]3CCCN3C(=O)c3cccc(Cn4cncn4)c3)n2)nc1. The number of nitrogens with zero attached hydrogens (tertiary/aromatic N) is 6. The van der Waals surface area contributed by atoms with E-state index in [9.17, 15) is 9.59 Å². The van der Waals surface area contributed by atoms with Crippen molar-refractivity contribution in [3.05, 3.63) is 102 Å². The Hall–Kier alpha value is -4.40. The average Bonchev–Trinajstić information content (AvgIpc) is 3.58. The lowest BCUT2D eigenvalue weighted by Gasteiger charge is -2.25. The normalized spacial score (nSPS) is 15.2. The first-order valence-corrected chi connectivity index (χ1v) is 11.5. The molecule has 176 valence electrons. The van der Waals surface area contributed by atoms with Gasteiger partial charge in [-0.15, -0.1) is 0 Å². The molecule has 1 N–H and O–H groups in total. The molecule has 1 saturated heterocycles. The molecule has 0 unspecified atom stereocenters. The van der Waals surface area contributed by atoms with Gasteiger partial charge in [-0.05, 0) is 61.2 Å². The maximum absolute atomic E-state index is 13.4. The first-order chi connectivity index (χ1) is 17.1. The molecule has 0 bridgehead atoms. The lowest BCUT2D eigenvalue weighted by atomic mass is 10.1. The molecule has 1 aliphatic rings. The summed E-state index contributed by atoms with van der Waals surface area (Å²) >= 11 is 0. The van der Waals surface area contributed by atoms with Crippen molar-refractivity contribution >= 4 is 17.6 Å². The van der Waals surface area contributed by atoms with Gasteiger partial charge in [0.05, 0.1) is 18.3 Å². The maximum atomic E-state index is 13.4. The van der Waals surface area contributed by atoms with Crippen molar-refractivity contribution < 1.29 is 9.59 Å². The molecule has 4 aromatic rings. The van der Waals surface area contributed by atoms with E-state index in [2.05, 4.69) is 25.4 Å². The first-order valence-electron chi connectivity index (χ1n) is 11.5. The molecular formula is C26H25N7O2. The molecular weight excluding hydrogens is 442 g/mol. The van der Waals surface area contributed by atoms with Crippen molar-refractivity contribution in [2.24, 2.45) is 0 Å². The van der Waals surface area contributed by atoms with E-state index in [-0.39, 0.29) is 17.9 Å². The van der Waals surface area contributed by atoms with Gasteiger partial charge in [-0.2, -0.15) is 5.10 Å². The molecule has 0 spiro atoms. The zero-order valence-corrected chi connectivity index (χ0v) is 19.3. The van der Waals surface area contributed by atoms with Crippen LogP contribution >= 0.6 is 0 Å². The number of carbonyl (C=O) groups is 2. The van der Waals surface area contributed by atoms with E-state index in [4.69, 9.17) is 0 Å². The summed E-state index contributed by atoms with van der Waals surface area (Å²) in [6.07, 6.45) is 6.50. The minimum absolute atomic E-state index is 0.0477. The molecule has 1 aliphatic heterocycles. The minimum Gasteiger partial charge on any atom is -0.330 e. The quantitative estimate of drug-likeness (QED) is 0.464. The van der Waals surface area contributed by atoms with Gasteiger partial charge in [0.15, 0.2) is 0 Å². The van der Waals surface area contributed by atoms with Crippen LogP contribution in [-0.4, -0.2) is 48.0 Å². The van der Waals surface area contributed by atoms with Gasteiger partial charge in [0.2, 0.25) is 0 Å². The molecule has 9 heteroatoms. The van der Waals surface area contributed by atoms with Crippen molar-refractivity contribution in [2.75, 3.05) is 11.9 Å². The third-order valence-electron chi connectivity index (χ3n) is 6.00. The van der Waals surface area contributed by atoms with Crippen LogP contribution in [0.25, 0.3) is 0 Å². The van der Waals surface area contributed by atoms with Gasteiger partial charge in [-0.1, -0.05) is 24.3 Å². The Bertz CT molecular complexity index is 1340. The number of pyridine rings is 2. The summed E-state index contributed by atoms with van der Waals surface area (Å²) in [5.41, 5.74) is 3.60. The summed E-state index contributed by atoms with van der Waals surface area (Å²) in [6, 6.07) is 16.4. The van der Waals surface area contributed by atoms with E-state index >= 15 is 0 Å². The first kappa shape index (κ1) is 22.4. The van der Waals surface area contributed by atoms with Gasteiger partial charge < -0.3 is 10.2 Å². The van der Waals surface area contributed by atoms with E-state index < -0.39 is 0 Å². The summed E-state index contributed by atoms with van der Waals surface area (Å²) in [5.74, 6) is 0.0876. The van der Waals surface area contributed by atoms with E-state index in [1.54, 1.807) is 35.4 Å². The second-order valence-corrected chi connectivity index (χ2v) is 8.57. The third kappa shape index (κ3) is 5.08. The number of benzene rings is 1. The summed E-state index contributed by atoms with van der Waals surface area (Å²) in [4.78, 5) is 40.9. The van der Waals surface area contributed by atoms with E-state index in [1.807, 2.05) is 48.2 Å². The van der Waals surface area contributed by atoms with Crippen LogP contribution in [0.1, 0.15) is 56.6 Å². The number of likely N-dealkylation sites (tertiary alicyclic amines) is 1. The van der Waals surface area contributed by atoms with E-state index in [0.29, 0.717) is 35.9 Å². The molecule has 0 radical (unpaired) electrons. The van der Waals surface area contributed by atoms with Gasteiger partial charge in [-0.25, -0.2) is 19.6 Å². The molecule has 0 saturated carbocycles. The second-order valence-electron chi connectivity index (χ2n) is 8.57. The van der Waals surface area contributed by atoms with Crippen LogP contribution in [0.2, 0.25) is 0 Å². The number of amides is 2. The van der Waals surface area contributed by atoms with Gasteiger partial charge in [0, 0.05) is 18.3 Å². The number of nitrogens with one attached hydrogen (secondary N) is 1. The fourth-order valence-corrected chi connectivity index (χ4v) is 4.27. The van der Waals surface area contributed by atoms with Crippen LogP contribution in [0.4, 0.5) is 5.82 Å². The Morgan fingerprint density at radius 1 is 1.11 bits per heavy atom. The fraction of sp³-hybridized carbons (Fsp3) is 0.231. The fourth-order valence-electron chi connectivity index (χ4n) is 4.27. The predicted molar refractivity (Wildman–Crippen MR) is 130 cm³/mol. The lowest BCUT2D eigenvalue weighted by molar-refractivity contribution is 0.0732. The second kappa shape index (κ2) is 9.84. The van der Waals surface area contributed by atoms with Crippen LogP contribution < -0.4 is 5.32 Å². The van der Waals surface area contributed by atoms with Crippen molar-refractivity contribution in [1.82, 2.24) is 29.6 Å². The summed E-state index contributed by atoms with van der Waals surface area (Å²) in [7, 11) is 0. The summed E-state index contributed by atoms with van der Waals surface area (Å²) in [5, 5.41) is 6.92. The number of anilines is 1. The Morgan fingerprint density at radius 3 is 2.80 bits per heavy atom. The summed E-state index contributed by atoms with van der Waals surface area (Å²) < 4.78 is 1.72. The van der Waals surface area contributed by atoms with Crippen molar-refractivity contribution in [2.45, 2.75) is 32.4 Å². The number of carbonyl (C=O) groups excluding carboxylic acids is 2. The van der Waals surface area contributed by atoms with Crippen LogP contribution in [-0.2, 0) is 6.54 Å². The number of rotatable bonds is 6. The topological polar surface area (TPSA) is 106 Å². The minimum atomic E-state index is -0.333. The van der Waals surface area contributed by atoms with Gasteiger partial charge in [0.25, 0.3) is 11.8 Å². The highest BCUT2D eigenvalue weighted by Gasteiger charge is 2.32. The van der Waals surface area contributed by atoms with Crippen LogP contribution in [0.15, 0.2) is 73.4 Å². The maximum Gasteiger partial charge on any atom is 0.275 e. The van der Waals surface area contributed by atoms with Crippen molar-refractivity contribution in [1.29, 1.82) is 0 Å². The van der Waals surface area contributed by atoms with E-state index in [0.717, 1.165) is 24.0 Å². The molecule has 3 aromatic heterocycles. The van der Waals surface area contributed by atoms with Crippen LogP contribution in [0.3, 0.4) is 0 Å². The monoisotopic (exact) mass is 467 g/mol. The number of aromatic nitrogens is 5. The highest BCUT2D eigenvalue weighted by molar-refractivity contribution is 6.02. The van der Waals surface area contributed by atoms with Gasteiger partial charge >= 0.3 is 0 Å². The van der Waals surface area contributed by atoms with Gasteiger partial charge in [0.1, 0.15) is 24.2 Å². The largest absolute Gasteiger partial charge is 0.330 e. The van der Waals surface area contributed by atoms with Gasteiger partial charge in [-0.3, -0.25) is 9.59 Å². The standard InChI is InChI=1S/C26H25N7O2/c1-18-10-11-24(28-14-18)31-25(34)22-8-3-7-21(30-22)23-9-4-12-33(23)26(35)20-6-2-5-19(13-20)15-32-17-27-16-29-32/h2-3,5-8,10-11,13-14,16-17,23H,4,9,12,15H2,1H3,(H,28,31,34)/t23-/m0/s1. The summed E-state index contributed by atoms with van der Waals surface area (Å²) in [6.45, 7) is 3.12. The molecule has 9 nitrogen and oxygen atoms in total. The third-order valence-corrected chi connectivity index (χ3v) is 6.00. The average molecular weight is 468 g/mol. The zero-order chi connectivity index (χ0) is 24.2. The Labute approximate surface area is 202 Å². The molecule has 1 fully saturated rings. The highest BCUT2D eigenvalue weighted by atomic mass is 16.2. The molecule has 5 rings (SSSR count). The molecule has 1 aromatic carbocycles. The number of hydrogen-bond donors (Lipinski definition) is 1. The van der Waals surface area contributed by atoms with Crippen molar-refractivity contribution in [3.63, 3.8) is 0 Å².